The van der Waals surface area contributed by atoms with Gasteiger partial charge in [-0.2, -0.15) is 0 Å². The molecule has 0 bridgehead atoms. The number of rotatable bonds is 5. The molecule has 0 atom stereocenters. The molecule has 1 fully saturated rings. The molecule has 3 rings (SSSR count). The van der Waals surface area contributed by atoms with Crippen LogP contribution in [0.1, 0.15) is 0 Å². The van der Waals surface area contributed by atoms with E-state index in [1.165, 1.54) is 19.2 Å². The van der Waals surface area contributed by atoms with Crippen LogP contribution in [-0.4, -0.2) is 63.1 Å². The number of carbonyl (C=O) groups excluding carboxylic acids is 2. The summed E-state index contributed by atoms with van der Waals surface area (Å²) in [6.45, 7) is 1.85. The number of nitrogens with one attached hydrogen (secondary N) is 1. The first-order valence-electron chi connectivity index (χ1n) is 9.58. The molecule has 1 aliphatic rings. The van der Waals surface area contributed by atoms with Gasteiger partial charge in [-0.1, -0.05) is 24.3 Å². The molecule has 10 heteroatoms. The van der Waals surface area contributed by atoms with Crippen LogP contribution >= 0.6 is 0 Å². The smallest absolute Gasteiger partial charge is 0.439 e. The molecule has 0 radical (unpaired) electrons. The Kier molecular flexibility index (Phi) is 6.88. The molecule has 0 spiro atoms. The minimum Gasteiger partial charge on any atom is -0.439 e. The van der Waals surface area contributed by atoms with Gasteiger partial charge in [-0.15, -0.1) is 13.2 Å². The largest absolute Gasteiger partial charge is 0.573 e. The molecule has 1 heterocycles. The summed E-state index contributed by atoms with van der Waals surface area (Å²) in [5, 5.41) is 2.39. The molecule has 31 heavy (non-hydrogen) atoms. The second-order valence-corrected chi connectivity index (χ2v) is 6.82. The van der Waals surface area contributed by atoms with Crippen molar-refractivity contribution in [2.45, 2.75) is 6.36 Å². The molecule has 1 N–H and O–H groups in total. The fourth-order valence-corrected chi connectivity index (χ4v) is 3.15. The van der Waals surface area contributed by atoms with Crippen LogP contribution in [0.15, 0.2) is 48.5 Å². The highest BCUT2D eigenvalue weighted by Crippen LogP contribution is 2.28. The third-order valence-electron chi connectivity index (χ3n) is 4.80. The van der Waals surface area contributed by atoms with Crippen LogP contribution in [0.4, 0.5) is 23.7 Å². The van der Waals surface area contributed by atoms with Gasteiger partial charge in [0.1, 0.15) is 5.75 Å². The van der Waals surface area contributed by atoms with Crippen LogP contribution in [0.3, 0.4) is 0 Å². The molecule has 1 saturated heterocycles. The summed E-state index contributed by atoms with van der Waals surface area (Å²) in [6.07, 6.45) is -5.23. The number of hydrogen-bond acceptors (Lipinski definition) is 5. The molecule has 0 saturated carbocycles. The van der Waals surface area contributed by atoms with E-state index in [0.717, 1.165) is 16.8 Å². The molecule has 7 nitrogen and oxygen atoms in total. The molecular formula is C21H22F3N3O4. The lowest BCUT2D eigenvalue weighted by atomic mass is 10.0. The molecule has 0 aliphatic carbocycles. The zero-order valence-corrected chi connectivity index (χ0v) is 16.8. The fraction of sp³-hybridized carbons (Fsp3) is 0.333. The maximum atomic E-state index is 12.3. The van der Waals surface area contributed by atoms with Gasteiger partial charge in [-0.3, -0.25) is 4.79 Å². The second kappa shape index (κ2) is 9.59. The highest BCUT2D eigenvalue weighted by Gasteiger charge is 2.31. The number of piperazine rings is 1. The number of alkyl halides is 3. The number of likely N-dealkylation sites (N-methyl/N-ethyl adjacent to an activating group) is 1. The van der Waals surface area contributed by atoms with Crippen molar-refractivity contribution in [3.8, 4) is 16.9 Å². The first-order chi connectivity index (χ1) is 14.7. The molecule has 1 aliphatic heterocycles. The lowest BCUT2D eigenvalue weighted by molar-refractivity contribution is -0.274. The summed E-state index contributed by atoms with van der Waals surface area (Å²) < 4.78 is 45.7. The summed E-state index contributed by atoms with van der Waals surface area (Å²) in [5.41, 5.74) is 2.60. The molecular weight excluding hydrogens is 415 g/mol. The average Bonchev–Trinajstić information content (AvgIpc) is 2.77. The lowest BCUT2D eigenvalue weighted by Crippen LogP contribution is -2.49. The highest BCUT2D eigenvalue weighted by molar-refractivity contribution is 5.79. The van der Waals surface area contributed by atoms with Crippen molar-refractivity contribution in [3.63, 3.8) is 0 Å². The zero-order valence-electron chi connectivity index (χ0n) is 16.8. The normalized spacial score (nSPS) is 14.2. The predicted octanol–water partition coefficient (Wildman–Crippen LogP) is 3.26. The number of hydrogen-bond donors (Lipinski definition) is 1. The van der Waals surface area contributed by atoms with E-state index < -0.39 is 12.5 Å². The Bertz CT molecular complexity index is 894. The van der Waals surface area contributed by atoms with E-state index in [0.29, 0.717) is 26.2 Å². The molecule has 2 aromatic rings. The van der Waals surface area contributed by atoms with E-state index in [1.54, 1.807) is 17.0 Å². The summed E-state index contributed by atoms with van der Waals surface area (Å²) in [6, 6.07) is 13.3. The number of amides is 2. The van der Waals surface area contributed by atoms with Gasteiger partial charge in [0.05, 0.1) is 0 Å². The van der Waals surface area contributed by atoms with Crippen molar-refractivity contribution in [3.05, 3.63) is 48.5 Å². The van der Waals surface area contributed by atoms with Crippen molar-refractivity contribution in [2.24, 2.45) is 0 Å². The number of anilines is 1. The first-order valence-corrected chi connectivity index (χ1v) is 9.58. The lowest BCUT2D eigenvalue weighted by Gasteiger charge is -2.35. The van der Waals surface area contributed by atoms with Crippen molar-refractivity contribution in [1.82, 2.24) is 10.2 Å². The van der Waals surface area contributed by atoms with Gasteiger partial charge in [-0.25, -0.2) is 4.79 Å². The Labute approximate surface area is 177 Å². The summed E-state index contributed by atoms with van der Waals surface area (Å²) >= 11 is 0. The van der Waals surface area contributed by atoms with Crippen LogP contribution < -0.4 is 15.0 Å². The average molecular weight is 437 g/mol. The number of ether oxygens (including phenoxy) is 2. The Hall–Kier alpha value is -3.43. The van der Waals surface area contributed by atoms with Crippen LogP contribution in [0.5, 0.6) is 5.75 Å². The van der Waals surface area contributed by atoms with E-state index >= 15 is 0 Å². The number of benzene rings is 2. The fourth-order valence-electron chi connectivity index (χ4n) is 3.15. The predicted molar refractivity (Wildman–Crippen MR) is 108 cm³/mol. The maximum Gasteiger partial charge on any atom is 0.573 e. The molecule has 2 amide bonds. The summed E-state index contributed by atoms with van der Waals surface area (Å²) in [4.78, 5) is 26.8. The maximum absolute atomic E-state index is 12.3. The SMILES string of the molecule is CNC(=O)COC(=O)N1CCN(c2ccc(-c3ccc(OC(F)(F)F)cc3)cc2)CC1. The summed E-state index contributed by atoms with van der Waals surface area (Å²) in [5.74, 6) is -0.630. The van der Waals surface area contributed by atoms with E-state index in [1.807, 2.05) is 24.3 Å². The van der Waals surface area contributed by atoms with Gasteiger partial charge < -0.3 is 24.6 Å². The number of halogens is 3. The second-order valence-electron chi connectivity index (χ2n) is 6.82. The molecule has 166 valence electrons. The standard InChI is InChI=1S/C21H22F3N3O4/c1-25-19(28)14-30-20(29)27-12-10-26(11-13-27)17-6-2-15(3-7-17)16-4-8-18(9-5-16)31-21(22,23)24/h2-9H,10-14H2,1H3,(H,25,28). The van der Waals surface area contributed by atoms with Gasteiger partial charge in [0, 0.05) is 38.9 Å². The van der Waals surface area contributed by atoms with E-state index in [9.17, 15) is 22.8 Å². The van der Waals surface area contributed by atoms with Crippen molar-refractivity contribution in [2.75, 3.05) is 44.7 Å². The Balaban J connectivity index is 1.54. The Morgan fingerprint density at radius 3 is 2.00 bits per heavy atom. The van der Waals surface area contributed by atoms with Gasteiger partial charge >= 0.3 is 12.5 Å². The minimum atomic E-state index is -4.71. The third-order valence-corrected chi connectivity index (χ3v) is 4.80. The molecule has 2 aromatic carbocycles. The Morgan fingerprint density at radius 1 is 0.935 bits per heavy atom. The van der Waals surface area contributed by atoms with Crippen LogP contribution in [0, 0.1) is 0 Å². The van der Waals surface area contributed by atoms with E-state index in [-0.39, 0.29) is 18.3 Å². The minimum absolute atomic E-state index is 0.264. The zero-order chi connectivity index (χ0) is 22.4. The van der Waals surface area contributed by atoms with E-state index in [2.05, 4.69) is 15.0 Å². The summed E-state index contributed by atoms with van der Waals surface area (Å²) in [7, 11) is 1.47. The topological polar surface area (TPSA) is 71.1 Å². The van der Waals surface area contributed by atoms with Crippen molar-refractivity contribution >= 4 is 17.7 Å². The van der Waals surface area contributed by atoms with Gasteiger partial charge in [0.2, 0.25) is 0 Å². The van der Waals surface area contributed by atoms with Gasteiger partial charge in [0.25, 0.3) is 5.91 Å². The number of nitrogens with zero attached hydrogens (tertiary/aromatic N) is 2. The van der Waals surface area contributed by atoms with Gasteiger partial charge in [0.15, 0.2) is 6.61 Å². The first kappa shape index (κ1) is 22.3. The Morgan fingerprint density at radius 2 is 1.48 bits per heavy atom. The number of carbonyl (C=O) groups is 2. The third kappa shape index (κ3) is 6.27. The molecule has 0 aromatic heterocycles. The van der Waals surface area contributed by atoms with Crippen molar-refractivity contribution in [1.29, 1.82) is 0 Å². The molecule has 0 unspecified atom stereocenters. The monoisotopic (exact) mass is 437 g/mol. The highest BCUT2D eigenvalue weighted by atomic mass is 19.4. The quantitative estimate of drug-likeness (QED) is 0.778. The van der Waals surface area contributed by atoms with E-state index in [4.69, 9.17) is 4.74 Å². The van der Waals surface area contributed by atoms with Crippen molar-refractivity contribution < 1.29 is 32.2 Å². The van der Waals surface area contributed by atoms with Crippen LogP contribution in [-0.2, 0) is 9.53 Å². The van der Waals surface area contributed by atoms with Crippen LogP contribution in [0.2, 0.25) is 0 Å². The van der Waals surface area contributed by atoms with Crippen LogP contribution in [0.25, 0.3) is 11.1 Å². The van der Waals surface area contributed by atoms with Gasteiger partial charge in [-0.05, 0) is 35.4 Å².